The van der Waals surface area contributed by atoms with E-state index in [0.717, 1.165) is 5.92 Å². The largest absolute Gasteiger partial charge is 0.312 e. The minimum atomic E-state index is 0.563. The van der Waals surface area contributed by atoms with Crippen molar-refractivity contribution in [1.82, 2.24) is 5.32 Å². The number of thiophene rings is 1. The lowest BCUT2D eigenvalue weighted by Gasteiger charge is -2.12. The molecule has 1 N–H and O–H groups in total. The van der Waals surface area contributed by atoms with Crippen LogP contribution in [0.4, 0.5) is 0 Å². The van der Waals surface area contributed by atoms with E-state index >= 15 is 0 Å². The van der Waals surface area contributed by atoms with Crippen molar-refractivity contribution < 1.29 is 0 Å². The summed E-state index contributed by atoms with van der Waals surface area (Å²) in [6, 6.07) is 13.9. The second-order valence-electron chi connectivity index (χ2n) is 5.18. The van der Waals surface area contributed by atoms with Gasteiger partial charge in [0.2, 0.25) is 0 Å². The first-order chi connectivity index (χ1) is 8.78. The Bertz CT molecular complexity index is 540. The van der Waals surface area contributed by atoms with E-state index in [-0.39, 0.29) is 0 Å². The molecular formula is C16H19NS. The molecule has 0 spiro atoms. The van der Waals surface area contributed by atoms with Crippen molar-refractivity contribution in [2.45, 2.75) is 25.8 Å². The van der Waals surface area contributed by atoms with Crippen LogP contribution in [0.5, 0.6) is 0 Å². The zero-order chi connectivity index (χ0) is 12.5. The summed E-state index contributed by atoms with van der Waals surface area (Å²) in [5, 5.41) is 3.47. The van der Waals surface area contributed by atoms with Gasteiger partial charge in [0.05, 0.1) is 0 Å². The molecule has 0 aliphatic heterocycles. The van der Waals surface area contributed by atoms with E-state index < -0.39 is 0 Å². The first-order valence-electron chi connectivity index (χ1n) is 6.62. The Balaban J connectivity index is 1.88. The van der Waals surface area contributed by atoms with E-state index in [1.807, 2.05) is 11.3 Å². The fourth-order valence-corrected chi connectivity index (χ4v) is 3.72. The molecule has 1 aliphatic carbocycles. The molecular weight excluding hydrogens is 238 g/mol. The van der Waals surface area contributed by atoms with Gasteiger partial charge in [-0.3, -0.25) is 0 Å². The maximum Gasteiger partial charge on any atom is 0.0441 e. The third-order valence-corrected chi connectivity index (χ3v) is 4.86. The highest BCUT2D eigenvalue weighted by Gasteiger charge is 2.32. The van der Waals surface area contributed by atoms with E-state index in [0.29, 0.717) is 6.04 Å². The van der Waals surface area contributed by atoms with E-state index in [1.165, 1.54) is 33.7 Å². The van der Waals surface area contributed by atoms with Gasteiger partial charge in [-0.2, -0.15) is 0 Å². The number of hydrogen-bond acceptors (Lipinski definition) is 2. The maximum atomic E-state index is 3.47. The molecule has 1 unspecified atom stereocenters. The Kier molecular flexibility index (Phi) is 3.23. The van der Waals surface area contributed by atoms with E-state index in [4.69, 9.17) is 0 Å². The minimum absolute atomic E-state index is 0.563. The molecule has 0 amide bonds. The molecule has 1 nitrogen and oxygen atoms in total. The van der Waals surface area contributed by atoms with Crippen LogP contribution in [0.25, 0.3) is 10.4 Å². The van der Waals surface area contributed by atoms with Crippen LogP contribution in [0.1, 0.15) is 29.3 Å². The molecule has 2 aromatic rings. The van der Waals surface area contributed by atoms with Gasteiger partial charge in [0.15, 0.2) is 0 Å². The Morgan fingerprint density at radius 3 is 2.72 bits per heavy atom. The zero-order valence-corrected chi connectivity index (χ0v) is 11.8. The van der Waals surface area contributed by atoms with E-state index in [9.17, 15) is 0 Å². The maximum absolute atomic E-state index is 3.47. The standard InChI is InChI=1S/C16H19NS/c1-11-4-3-5-13(10-11)14-8-9-15(18-14)16(17-2)12-6-7-12/h3-5,8-10,12,16-17H,6-7H2,1-2H3. The number of hydrogen-bond donors (Lipinski definition) is 1. The molecule has 1 saturated carbocycles. The second-order valence-corrected chi connectivity index (χ2v) is 6.29. The lowest BCUT2D eigenvalue weighted by molar-refractivity contribution is 0.537. The quantitative estimate of drug-likeness (QED) is 0.856. The predicted octanol–water partition coefficient (Wildman–Crippen LogP) is 4.39. The second kappa shape index (κ2) is 4.87. The molecule has 3 rings (SSSR count). The van der Waals surface area contributed by atoms with Crippen LogP contribution in [-0.2, 0) is 0 Å². The lowest BCUT2D eigenvalue weighted by Crippen LogP contribution is -2.16. The summed E-state index contributed by atoms with van der Waals surface area (Å²) in [5.74, 6) is 0.860. The van der Waals surface area contributed by atoms with Crippen molar-refractivity contribution in [2.75, 3.05) is 7.05 Å². The molecule has 1 atom stereocenters. The molecule has 1 aromatic carbocycles. The smallest absolute Gasteiger partial charge is 0.0441 e. The van der Waals surface area contributed by atoms with Gasteiger partial charge in [0, 0.05) is 15.8 Å². The first-order valence-corrected chi connectivity index (χ1v) is 7.43. The van der Waals surface area contributed by atoms with Crippen molar-refractivity contribution in [3.63, 3.8) is 0 Å². The highest BCUT2D eigenvalue weighted by atomic mass is 32.1. The molecule has 0 radical (unpaired) electrons. The number of nitrogens with one attached hydrogen (secondary N) is 1. The molecule has 0 bridgehead atoms. The molecule has 2 heteroatoms. The summed E-state index contributed by atoms with van der Waals surface area (Å²) in [6.07, 6.45) is 2.76. The molecule has 0 saturated heterocycles. The van der Waals surface area contributed by atoms with Crippen molar-refractivity contribution in [3.8, 4) is 10.4 Å². The Hall–Kier alpha value is -1.12. The van der Waals surface area contributed by atoms with Crippen LogP contribution in [0.15, 0.2) is 36.4 Å². The minimum Gasteiger partial charge on any atom is -0.312 e. The average molecular weight is 257 g/mol. The highest BCUT2D eigenvalue weighted by Crippen LogP contribution is 2.44. The van der Waals surface area contributed by atoms with Crippen molar-refractivity contribution >= 4 is 11.3 Å². The number of aryl methyl sites for hydroxylation is 1. The van der Waals surface area contributed by atoms with Gasteiger partial charge in [0.1, 0.15) is 0 Å². The Morgan fingerprint density at radius 1 is 1.22 bits per heavy atom. The fraction of sp³-hybridized carbons (Fsp3) is 0.375. The zero-order valence-electron chi connectivity index (χ0n) is 10.9. The van der Waals surface area contributed by atoms with Gasteiger partial charge in [-0.25, -0.2) is 0 Å². The molecule has 1 heterocycles. The van der Waals surface area contributed by atoms with Gasteiger partial charge in [-0.05, 0) is 50.4 Å². The molecule has 94 valence electrons. The third kappa shape index (κ3) is 2.36. The molecule has 18 heavy (non-hydrogen) atoms. The normalized spacial score (nSPS) is 16.8. The van der Waals surface area contributed by atoms with Crippen molar-refractivity contribution in [3.05, 3.63) is 46.8 Å². The van der Waals surface area contributed by atoms with Crippen LogP contribution in [0, 0.1) is 12.8 Å². The Morgan fingerprint density at radius 2 is 2.06 bits per heavy atom. The Labute approximate surface area is 113 Å². The van der Waals surface area contributed by atoms with Gasteiger partial charge in [-0.15, -0.1) is 11.3 Å². The molecule has 1 aliphatic rings. The predicted molar refractivity (Wildman–Crippen MR) is 79.0 cm³/mol. The van der Waals surface area contributed by atoms with Crippen LogP contribution in [0.3, 0.4) is 0 Å². The summed E-state index contributed by atoms with van der Waals surface area (Å²) in [5.41, 5.74) is 2.67. The van der Waals surface area contributed by atoms with Gasteiger partial charge < -0.3 is 5.32 Å². The van der Waals surface area contributed by atoms with Crippen LogP contribution >= 0.6 is 11.3 Å². The molecule has 1 aromatic heterocycles. The van der Waals surface area contributed by atoms with Crippen molar-refractivity contribution in [2.24, 2.45) is 5.92 Å². The SMILES string of the molecule is CNC(c1ccc(-c2cccc(C)c2)s1)C1CC1. The molecule has 1 fully saturated rings. The highest BCUT2D eigenvalue weighted by molar-refractivity contribution is 7.15. The summed E-state index contributed by atoms with van der Waals surface area (Å²) in [6.45, 7) is 2.15. The van der Waals surface area contributed by atoms with Crippen LogP contribution in [0.2, 0.25) is 0 Å². The lowest BCUT2D eigenvalue weighted by atomic mass is 10.1. The number of benzene rings is 1. The third-order valence-electron chi connectivity index (χ3n) is 3.64. The van der Waals surface area contributed by atoms with Crippen LogP contribution < -0.4 is 5.32 Å². The number of rotatable bonds is 4. The summed E-state index contributed by atoms with van der Waals surface area (Å²) < 4.78 is 0. The van der Waals surface area contributed by atoms with E-state index in [1.54, 1.807) is 0 Å². The van der Waals surface area contributed by atoms with Crippen molar-refractivity contribution in [1.29, 1.82) is 0 Å². The fourth-order valence-electron chi connectivity index (χ4n) is 2.51. The van der Waals surface area contributed by atoms with Gasteiger partial charge in [0.25, 0.3) is 0 Å². The summed E-state index contributed by atoms with van der Waals surface area (Å²) >= 11 is 1.93. The monoisotopic (exact) mass is 257 g/mol. The van der Waals surface area contributed by atoms with Crippen LogP contribution in [-0.4, -0.2) is 7.05 Å². The summed E-state index contributed by atoms with van der Waals surface area (Å²) in [4.78, 5) is 2.87. The average Bonchev–Trinajstić information content (AvgIpc) is 3.07. The topological polar surface area (TPSA) is 12.0 Å². The first kappa shape index (κ1) is 11.9. The van der Waals surface area contributed by atoms with E-state index in [2.05, 4.69) is 55.7 Å². The summed E-state index contributed by atoms with van der Waals surface area (Å²) in [7, 11) is 2.08. The van der Waals surface area contributed by atoms with Gasteiger partial charge >= 0.3 is 0 Å². The van der Waals surface area contributed by atoms with Gasteiger partial charge in [-0.1, -0.05) is 29.8 Å².